The lowest BCUT2D eigenvalue weighted by molar-refractivity contribution is -0.117. The molecule has 30 heavy (non-hydrogen) atoms. The van der Waals surface area contributed by atoms with Gasteiger partial charge < -0.3 is 5.11 Å². The number of aliphatic hydroxyl groups excluding tert-OH is 1. The Morgan fingerprint density at radius 1 is 1.07 bits per heavy atom. The van der Waals surface area contributed by atoms with E-state index in [0.29, 0.717) is 18.7 Å². The SMILES string of the molecule is Cc1ccc(-c2cc(N=CC3=C(O)CC(C)(C)CC3=O)n(-c3ccccc3)n2)cc1. The standard InChI is InChI=1S/C25H25N3O2/c1-17-9-11-18(12-10-17)21-13-24(28(27-21)19-7-5-4-6-8-19)26-16-20-22(29)14-25(2,3)15-23(20)30/h4-13,16,29H,14-15H2,1-3H3. The van der Waals surface area contributed by atoms with Crippen LogP contribution in [-0.2, 0) is 4.79 Å². The summed E-state index contributed by atoms with van der Waals surface area (Å²) in [6.07, 6.45) is 2.33. The van der Waals surface area contributed by atoms with Crippen LogP contribution >= 0.6 is 0 Å². The first-order valence-electron chi connectivity index (χ1n) is 10.0. The zero-order chi connectivity index (χ0) is 21.3. The molecule has 5 nitrogen and oxygen atoms in total. The first kappa shape index (κ1) is 19.8. The number of allylic oxidation sites excluding steroid dienone is 2. The molecule has 152 valence electrons. The van der Waals surface area contributed by atoms with Gasteiger partial charge in [-0.2, -0.15) is 5.10 Å². The molecule has 0 aliphatic heterocycles. The van der Waals surface area contributed by atoms with Crippen LogP contribution in [0.15, 0.2) is 77.0 Å². The van der Waals surface area contributed by atoms with Gasteiger partial charge in [-0.3, -0.25) is 4.79 Å². The maximum absolute atomic E-state index is 12.5. The van der Waals surface area contributed by atoms with E-state index in [4.69, 9.17) is 5.10 Å². The summed E-state index contributed by atoms with van der Waals surface area (Å²) >= 11 is 0. The van der Waals surface area contributed by atoms with Crippen molar-refractivity contribution in [3.8, 4) is 16.9 Å². The van der Waals surface area contributed by atoms with Crippen LogP contribution in [0.25, 0.3) is 16.9 Å². The second-order valence-electron chi connectivity index (χ2n) is 8.56. The van der Waals surface area contributed by atoms with Gasteiger partial charge in [0.15, 0.2) is 11.6 Å². The number of nitrogens with zero attached hydrogens (tertiary/aromatic N) is 3. The van der Waals surface area contributed by atoms with Gasteiger partial charge in [0.05, 0.1) is 17.0 Å². The normalized spacial score (nSPS) is 16.4. The van der Waals surface area contributed by atoms with Crippen molar-refractivity contribution in [1.82, 2.24) is 9.78 Å². The summed E-state index contributed by atoms with van der Waals surface area (Å²) in [5.41, 5.74) is 3.89. The zero-order valence-corrected chi connectivity index (χ0v) is 17.5. The molecular formula is C25H25N3O2. The molecule has 0 spiro atoms. The van der Waals surface area contributed by atoms with E-state index in [1.807, 2.05) is 81.4 Å². The van der Waals surface area contributed by atoms with Crippen molar-refractivity contribution in [3.05, 3.63) is 77.6 Å². The number of aliphatic hydroxyl groups is 1. The molecule has 0 saturated carbocycles. The Balaban J connectivity index is 1.76. The van der Waals surface area contributed by atoms with Crippen LogP contribution in [0.5, 0.6) is 0 Å². The second kappa shape index (κ2) is 7.75. The molecule has 1 aliphatic rings. The number of aryl methyl sites for hydroxylation is 1. The van der Waals surface area contributed by atoms with E-state index >= 15 is 0 Å². The van der Waals surface area contributed by atoms with Gasteiger partial charge in [-0.25, -0.2) is 9.67 Å². The minimum absolute atomic E-state index is 0.0861. The number of hydrogen-bond donors (Lipinski definition) is 1. The summed E-state index contributed by atoms with van der Waals surface area (Å²) in [5.74, 6) is 0.608. The van der Waals surface area contributed by atoms with Crippen molar-refractivity contribution in [2.24, 2.45) is 10.4 Å². The molecule has 5 heteroatoms. The Kier molecular flexibility index (Phi) is 5.12. The second-order valence-corrected chi connectivity index (χ2v) is 8.56. The highest BCUT2D eigenvalue weighted by molar-refractivity contribution is 6.14. The van der Waals surface area contributed by atoms with Crippen LogP contribution in [0, 0.1) is 12.3 Å². The maximum Gasteiger partial charge on any atom is 0.168 e. The zero-order valence-electron chi connectivity index (χ0n) is 17.5. The first-order chi connectivity index (χ1) is 14.3. The van der Waals surface area contributed by atoms with E-state index < -0.39 is 0 Å². The molecule has 0 unspecified atom stereocenters. The molecule has 1 heterocycles. The molecular weight excluding hydrogens is 374 g/mol. The molecule has 0 amide bonds. The topological polar surface area (TPSA) is 67.5 Å². The van der Waals surface area contributed by atoms with Crippen LogP contribution in [-0.4, -0.2) is 26.9 Å². The van der Waals surface area contributed by atoms with Crippen LogP contribution in [0.4, 0.5) is 5.82 Å². The predicted octanol–water partition coefficient (Wildman–Crippen LogP) is 5.75. The van der Waals surface area contributed by atoms with Gasteiger partial charge in [-0.15, -0.1) is 0 Å². The fourth-order valence-corrected chi connectivity index (χ4v) is 3.67. The molecule has 4 rings (SSSR count). The number of benzene rings is 2. The summed E-state index contributed by atoms with van der Waals surface area (Å²) in [6.45, 7) is 6.01. The van der Waals surface area contributed by atoms with Gasteiger partial charge in [-0.05, 0) is 24.5 Å². The molecule has 0 fully saturated rings. The van der Waals surface area contributed by atoms with E-state index in [0.717, 1.165) is 16.9 Å². The molecule has 1 aliphatic carbocycles. The van der Waals surface area contributed by atoms with Gasteiger partial charge in [0.25, 0.3) is 0 Å². The third kappa shape index (κ3) is 4.10. The monoisotopic (exact) mass is 399 g/mol. The molecule has 0 atom stereocenters. The lowest BCUT2D eigenvalue weighted by atomic mass is 9.77. The van der Waals surface area contributed by atoms with Crippen molar-refractivity contribution in [1.29, 1.82) is 0 Å². The molecule has 1 N–H and O–H groups in total. The Hall–Kier alpha value is -3.47. The van der Waals surface area contributed by atoms with E-state index in [1.54, 1.807) is 4.68 Å². The molecule has 1 aromatic heterocycles. The number of ketones is 1. The molecule has 3 aromatic rings. The summed E-state index contributed by atoms with van der Waals surface area (Å²) in [4.78, 5) is 17.1. The van der Waals surface area contributed by atoms with E-state index in [9.17, 15) is 9.90 Å². The van der Waals surface area contributed by atoms with Gasteiger partial charge in [-0.1, -0.05) is 61.9 Å². The fourth-order valence-electron chi connectivity index (χ4n) is 3.67. The van der Waals surface area contributed by atoms with Crippen molar-refractivity contribution < 1.29 is 9.90 Å². The average Bonchev–Trinajstić information content (AvgIpc) is 3.12. The smallest absolute Gasteiger partial charge is 0.168 e. The van der Waals surface area contributed by atoms with Crippen LogP contribution in [0.3, 0.4) is 0 Å². The highest BCUT2D eigenvalue weighted by Gasteiger charge is 2.32. The van der Waals surface area contributed by atoms with Crippen LogP contribution in [0.1, 0.15) is 32.3 Å². The minimum Gasteiger partial charge on any atom is -0.511 e. The van der Waals surface area contributed by atoms with E-state index in [-0.39, 0.29) is 22.5 Å². The summed E-state index contributed by atoms with van der Waals surface area (Å²) < 4.78 is 1.75. The Bertz CT molecular complexity index is 1140. The van der Waals surface area contributed by atoms with Crippen molar-refractivity contribution >= 4 is 17.8 Å². The highest BCUT2D eigenvalue weighted by atomic mass is 16.3. The summed E-state index contributed by atoms with van der Waals surface area (Å²) in [7, 11) is 0. The Morgan fingerprint density at radius 2 is 1.77 bits per heavy atom. The largest absolute Gasteiger partial charge is 0.511 e. The number of para-hydroxylation sites is 1. The highest BCUT2D eigenvalue weighted by Crippen LogP contribution is 2.35. The van der Waals surface area contributed by atoms with Gasteiger partial charge in [0.1, 0.15) is 5.76 Å². The average molecular weight is 399 g/mol. The lowest BCUT2D eigenvalue weighted by Crippen LogP contribution is -2.26. The van der Waals surface area contributed by atoms with Crippen LogP contribution in [0.2, 0.25) is 0 Å². The van der Waals surface area contributed by atoms with Crippen molar-refractivity contribution in [2.75, 3.05) is 0 Å². The predicted molar refractivity (Wildman–Crippen MR) is 120 cm³/mol. The van der Waals surface area contributed by atoms with Crippen molar-refractivity contribution in [3.63, 3.8) is 0 Å². The van der Waals surface area contributed by atoms with Crippen molar-refractivity contribution in [2.45, 2.75) is 33.6 Å². The van der Waals surface area contributed by atoms with Gasteiger partial charge in [0.2, 0.25) is 0 Å². The van der Waals surface area contributed by atoms with Crippen LogP contribution < -0.4 is 0 Å². The summed E-state index contributed by atoms with van der Waals surface area (Å²) in [6, 6.07) is 19.8. The molecule has 2 aromatic carbocycles. The molecule has 0 bridgehead atoms. The molecule has 0 saturated heterocycles. The van der Waals surface area contributed by atoms with Gasteiger partial charge in [0, 0.05) is 30.7 Å². The summed E-state index contributed by atoms with van der Waals surface area (Å²) in [5, 5.41) is 15.1. The third-order valence-corrected chi connectivity index (χ3v) is 5.26. The molecule has 0 radical (unpaired) electrons. The minimum atomic E-state index is -0.233. The Labute approximate surface area is 176 Å². The van der Waals surface area contributed by atoms with E-state index in [1.165, 1.54) is 11.8 Å². The number of aromatic nitrogens is 2. The number of carbonyl (C=O) groups excluding carboxylic acids is 1. The number of rotatable bonds is 4. The lowest BCUT2D eigenvalue weighted by Gasteiger charge is -2.28. The number of hydrogen-bond acceptors (Lipinski definition) is 4. The number of carbonyl (C=O) groups is 1. The van der Waals surface area contributed by atoms with E-state index in [2.05, 4.69) is 4.99 Å². The third-order valence-electron chi connectivity index (χ3n) is 5.26. The number of aliphatic imine (C=N–C) groups is 1. The maximum atomic E-state index is 12.5. The first-order valence-corrected chi connectivity index (χ1v) is 10.0. The fraction of sp³-hybridized carbons (Fsp3) is 0.240. The Morgan fingerprint density at radius 3 is 2.43 bits per heavy atom. The quantitative estimate of drug-likeness (QED) is 0.568. The van der Waals surface area contributed by atoms with Gasteiger partial charge >= 0.3 is 0 Å². The number of Topliss-reactive ketones (excluding diaryl/α,β-unsaturated/α-hetero) is 1.